The molecule has 4 heteroatoms. The Morgan fingerprint density at radius 2 is 1.59 bits per heavy atom. The zero-order valence-electron chi connectivity index (χ0n) is 15.3. The first-order chi connectivity index (χ1) is 13.0. The number of hydrogen-bond acceptors (Lipinski definition) is 0. The molecule has 1 aliphatic rings. The SMILES string of the molecule is CCCC1CCC(c2cc(F)c(C#Cc3ccc(Cl)c(F)c3)c(F)c2)CC1. The molecule has 0 radical (unpaired) electrons. The minimum absolute atomic E-state index is 0.0177. The summed E-state index contributed by atoms with van der Waals surface area (Å²) in [5.74, 6) is 4.09. The Labute approximate surface area is 163 Å². The third kappa shape index (κ3) is 4.87. The van der Waals surface area contributed by atoms with Gasteiger partial charge in [-0.25, -0.2) is 13.2 Å². The third-order valence-corrected chi connectivity index (χ3v) is 5.64. The fourth-order valence-corrected chi connectivity index (χ4v) is 3.97. The first-order valence-corrected chi connectivity index (χ1v) is 9.81. The van der Waals surface area contributed by atoms with Crippen molar-refractivity contribution in [3.63, 3.8) is 0 Å². The second kappa shape index (κ2) is 8.85. The standard InChI is InChI=1S/C23H22ClF3/c1-2-3-15-4-8-17(9-5-15)18-13-21(25)19(22(26)14-18)10-6-16-7-11-20(24)23(27)12-16/h7,11-15,17H,2-5,8-9H2,1H3. The van der Waals surface area contributed by atoms with Gasteiger partial charge in [-0.15, -0.1) is 0 Å². The highest BCUT2D eigenvalue weighted by Crippen LogP contribution is 2.38. The lowest BCUT2D eigenvalue weighted by Crippen LogP contribution is -2.13. The Morgan fingerprint density at radius 3 is 2.19 bits per heavy atom. The van der Waals surface area contributed by atoms with Crippen LogP contribution in [0.2, 0.25) is 5.02 Å². The van der Waals surface area contributed by atoms with Crippen molar-refractivity contribution in [1.82, 2.24) is 0 Å². The smallest absolute Gasteiger partial charge is 0.143 e. The molecule has 0 bridgehead atoms. The molecule has 27 heavy (non-hydrogen) atoms. The van der Waals surface area contributed by atoms with Gasteiger partial charge in [0.2, 0.25) is 0 Å². The summed E-state index contributed by atoms with van der Waals surface area (Å²) in [5.41, 5.74) is 0.742. The Hall–Kier alpha value is -1.92. The van der Waals surface area contributed by atoms with Gasteiger partial charge in [0.05, 0.1) is 10.6 Å². The number of halogens is 4. The lowest BCUT2D eigenvalue weighted by Gasteiger charge is -2.28. The van der Waals surface area contributed by atoms with Gasteiger partial charge in [-0.05, 0) is 73.4 Å². The number of rotatable bonds is 3. The minimum atomic E-state index is -0.664. The van der Waals surface area contributed by atoms with Crippen molar-refractivity contribution in [2.75, 3.05) is 0 Å². The highest BCUT2D eigenvalue weighted by molar-refractivity contribution is 6.30. The fraction of sp³-hybridized carbons (Fsp3) is 0.391. The van der Waals surface area contributed by atoms with Gasteiger partial charge in [-0.2, -0.15) is 0 Å². The monoisotopic (exact) mass is 390 g/mol. The molecule has 1 aliphatic carbocycles. The molecule has 0 saturated heterocycles. The van der Waals surface area contributed by atoms with Crippen molar-refractivity contribution >= 4 is 11.6 Å². The van der Waals surface area contributed by atoms with E-state index >= 15 is 0 Å². The quantitative estimate of drug-likeness (QED) is 0.485. The number of hydrogen-bond donors (Lipinski definition) is 0. The van der Waals surface area contributed by atoms with Crippen LogP contribution in [0.1, 0.15) is 68.1 Å². The van der Waals surface area contributed by atoms with Crippen molar-refractivity contribution in [2.45, 2.75) is 51.4 Å². The third-order valence-electron chi connectivity index (χ3n) is 5.33. The second-order valence-corrected chi connectivity index (χ2v) is 7.65. The van der Waals surface area contributed by atoms with Crippen LogP contribution in [0.3, 0.4) is 0 Å². The first kappa shape index (κ1) is 19.8. The second-order valence-electron chi connectivity index (χ2n) is 7.24. The minimum Gasteiger partial charge on any atom is -0.206 e. The summed E-state index contributed by atoms with van der Waals surface area (Å²) >= 11 is 5.62. The highest BCUT2D eigenvalue weighted by atomic mass is 35.5. The largest absolute Gasteiger partial charge is 0.206 e. The zero-order valence-corrected chi connectivity index (χ0v) is 16.1. The van der Waals surface area contributed by atoms with Crippen LogP contribution in [-0.2, 0) is 0 Å². The fourth-order valence-electron chi connectivity index (χ4n) is 3.85. The first-order valence-electron chi connectivity index (χ1n) is 9.44. The van der Waals surface area contributed by atoms with E-state index in [0.717, 1.165) is 37.7 Å². The van der Waals surface area contributed by atoms with Crippen LogP contribution in [0, 0.1) is 35.2 Å². The van der Waals surface area contributed by atoms with Gasteiger partial charge >= 0.3 is 0 Å². The molecule has 0 N–H and O–H groups in total. The van der Waals surface area contributed by atoms with Crippen molar-refractivity contribution in [3.8, 4) is 11.8 Å². The van der Waals surface area contributed by atoms with Crippen LogP contribution in [0.25, 0.3) is 0 Å². The molecule has 1 fully saturated rings. The van der Waals surface area contributed by atoms with Crippen LogP contribution in [0.15, 0.2) is 30.3 Å². The van der Waals surface area contributed by atoms with E-state index in [9.17, 15) is 13.2 Å². The lowest BCUT2D eigenvalue weighted by atomic mass is 9.77. The molecule has 3 rings (SSSR count). The van der Waals surface area contributed by atoms with Gasteiger partial charge < -0.3 is 0 Å². The Balaban J connectivity index is 1.78. The van der Waals surface area contributed by atoms with E-state index in [-0.39, 0.29) is 16.5 Å². The van der Waals surface area contributed by atoms with Crippen molar-refractivity contribution in [3.05, 3.63) is 69.5 Å². The molecular weight excluding hydrogens is 369 g/mol. The van der Waals surface area contributed by atoms with E-state index in [1.54, 1.807) is 0 Å². The molecule has 2 aromatic rings. The predicted octanol–water partition coefficient (Wildman–Crippen LogP) is 7.23. The summed E-state index contributed by atoms with van der Waals surface area (Å²) < 4.78 is 42.4. The summed E-state index contributed by atoms with van der Waals surface area (Å²) in [6, 6.07) is 6.83. The van der Waals surface area contributed by atoms with Gasteiger partial charge in [0.25, 0.3) is 0 Å². The molecule has 0 aromatic heterocycles. The molecule has 2 aromatic carbocycles. The molecule has 0 unspecified atom stereocenters. The van der Waals surface area contributed by atoms with Crippen LogP contribution < -0.4 is 0 Å². The van der Waals surface area contributed by atoms with Gasteiger partial charge in [0.15, 0.2) is 0 Å². The topological polar surface area (TPSA) is 0 Å². The molecule has 0 amide bonds. The Morgan fingerprint density at radius 1 is 0.926 bits per heavy atom. The summed E-state index contributed by atoms with van der Waals surface area (Å²) in [7, 11) is 0. The molecule has 0 heterocycles. The van der Waals surface area contributed by atoms with E-state index < -0.39 is 17.5 Å². The van der Waals surface area contributed by atoms with Crippen molar-refractivity contribution < 1.29 is 13.2 Å². The summed E-state index contributed by atoms with van der Waals surface area (Å²) in [6.45, 7) is 2.19. The van der Waals surface area contributed by atoms with E-state index in [0.29, 0.717) is 11.1 Å². The van der Waals surface area contributed by atoms with Crippen LogP contribution in [0.5, 0.6) is 0 Å². The molecule has 0 nitrogen and oxygen atoms in total. The van der Waals surface area contributed by atoms with Crippen LogP contribution in [0.4, 0.5) is 13.2 Å². The van der Waals surface area contributed by atoms with Gasteiger partial charge in [0, 0.05) is 5.56 Å². The maximum atomic E-state index is 14.5. The lowest BCUT2D eigenvalue weighted by molar-refractivity contribution is 0.307. The molecular formula is C23H22ClF3. The summed E-state index contributed by atoms with van der Waals surface area (Å²) in [6.07, 6.45) is 6.59. The number of benzene rings is 2. The zero-order chi connectivity index (χ0) is 19.4. The molecule has 0 aliphatic heterocycles. The Bertz CT molecular complexity index is 848. The van der Waals surface area contributed by atoms with Crippen LogP contribution >= 0.6 is 11.6 Å². The van der Waals surface area contributed by atoms with E-state index in [1.807, 2.05) is 0 Å². The molecule has 0 atom stereocenters. The maximum absolute atomic E-state index is 14.5. The molecule has 1 saturated carbocycles. The van der Waals surface area contributed by atoms with E-state index in [4.69, 9.17) is 11.6 Å². The summed E-state index contributed by atoms with van der Waals surface area (Å²) in [5, 5.41) is -0.0177. The van der Waals surface area contributed by atoms with E-state index in [1.165, 1.54) is 37.1 Å². The van der Waals surface area contributed by atoms with Gasteiger partial charge in [0.1, 0.15) is 17.5 Å². The molecule has 142 valence electrons. The average molecular weight is 391 g/mol. The van der Waals surface area contributed by atoms with E-state index in [2.05, 4.69) is 18.8 Å². The van der Waals surface area contributed by atoms with Crippen molar-refractivity contribution in [1.29, 1.82) is 0 Å². The maximum Gasteiger partial charge on any atom is 0.143 e. The van der Waals surface area contributed by atoms with Crippen LogP contribution in [-0.4, -0.2) is 0 Å². The predicted molar refractivity (Wildman–Crippen MR) is 103 cm³/mol. The summed E-state index contributed by atoms with van der Waals surface area (Å²) in [4.78, 5) is 0. The normalized spacial score (nSPS) is 19.4. The van der Waals surface area contributed by atoms with Gasteiger partial charge in [-0.3, -0.25) is 0 Å². The Kier molecular flexibility index (Phi) is 6.50. The highest BCUT2D eigenvalue weighted by Gasteiger charge is 2.23. The average Bonchev–Trinajstić information content (AvgIpc) is 2.64. The molecule has 0 spiro atoms. The van der Waals surface area contributed by atoms with Crippen molar-refractivity contribution in [2.24, 2.45) is 5.92 Å². The van der Waals surface area contributed by atoms with Gasteiger partial charge in [-0.1, -0.05) is 43.2 Å².